The molecule has 0 aromatic heterocycles. The standard InChI is InChI=1S/C16H17ClFN3/c1-3-21(14-6-4-5-13(18)10-14)20-11(2)15-9-12(17)7-8-16(15)19/h4-10H,3,19H2,1-2H3/b20-11+. The molecule has 0 atom stereocenters. The van der Waals surface area contributed by atoms with Crippen molar-refractivity contribution in [2.24, 2.45) is 5.10 Å². The highest BCUT2D eigenvalue weighted by Crippen LogP contribution is 2.21. The number of hydrazone groups is 1. The summed E-state index contributed by atoms with van der Waals surface area (Å²) in [6.07, 6.45) is 0. The third kappa shape index (κ3) is 3.73. The number of benzene rings is 2. The molecule has 2 N–H and O–H groups in total. The van der Waals surface area contributed by atoms with E-state index in [2.05, 4.69) is 5.10 Å². The van der Waals surface area contributed by atoms with Gasteiger partial charge in [-0.3, -0.25) is 5.01 Å². The lowest BCUT2D eigenvalue weighted by Gasteiger charge is -2.19. The molecule has 0 aliphatic rings. The minimum atomic E-state index is -0.291. The van der Waals surface area contributed by atoms with Gasteiger partial charge in [-0.1, -0.05) is 17.7 Å². The number of hydrogen-bond donors (Lipinski definition) is 1. The number of nitrogen functional groups attached to an aromatic ring is 1. The van der Waals surface area contributed by atoms with Crippen molar-refractivity contribution < 1.29 is 4.39 Å². The molecule has 0 aliphatic carbocycles. The fourth-order valence-electron chi connectivity index (χ4n) is 2.02. The summed E-state index contributed by atoms with van der Waals surface area (Å²) in [5, 5.41) is 6.84. The molecule has 0 spiro atoms. The van der Waals surface area contributed by atoms with Crippen molar-refractivity contribution in [3.05, 3.63) is 58.9 Å². The number of nitrogens with two attached hydrogens (primary N) is 1. The van der Waals surface area contributed by atoms with Crippen LogP contribution in [0, 0.1) is 5.82 Å². The maximum atomic E-state index is 13.3. The van der Waals surface area contributed by atoms with Gasteiger partial charge in [-0.25, -0.2) is 4.39 Å². The van der Waals surface area contributed by atoms with Gasteiger partial charge in [0.05, 0.1) is 11.4 Å². The zero-order valence-corrected chi connectivity index (χ0v) is 12.7. The van der Waals surface area contributed by atoms with Gasteiger partial charge in [-0.15, -0.1) is 0 Å². The van der Waals surface area contributed by atoms with E-state index in [-0.39, 0.29) is 5.82 Å². The van der Waals surface area contributed by atoms with Gasteiger partial charge in [0.25, 0.3) is 0 Å². The lowest BCUT2D eigenvalue weighted by Crippen LogP contribution is -2.18. The van der Waals surface area contributed by atoms with Crippen molar-refractivity contribution >= 4 is 28.7 Å². The van der Waals surface area contributed by atoms with Crippen LogP contribution in [0.1, 0.15) is 19.4 Å². The third-order valence-corrected chi connectivity index (χ3v) is 3.32. The second kappa shape index (κ2) is 6.59. The Morgan fingerprint density at radius 1 is 1.29 bits per heavy atom. The molecule has 0 heterocycles. The highest BCUT2D eigenvalue weighted by atomic mass is 35.5. The summed E-state index contributed by atoms with van der Waals surface area (Å²) in [5.41, 5.74) is 8.75. The summed E-state index contributed by atoms with van der Waals surface area (Å²) in [6, 6.07) is 11.6. The van der Waals surface area contributed by atoms with Crippen molar-refractivity contribution in [3.8, 4) is 0 Å². The molecule has 0 saturated carbocycles. The molecule has 3 nitrogen and oxygen atoms in total. The first-order chi connectivity index (χ1) is 10.0. The van der Waals surface area contributed by atoms with Gasteiger partial charge in [0.15, 0.2) is 0 Å². The molecule has 2 rings (SSSR count). The van der Waals surface area contributed by atoms with Crippen LogP contribution >= 0.6 is 11.6 Å². The van der Waals surface area contributed by atoms with Gasteiger partial charge < -0.3 is 5.73 Å². The van der Waals surface area contributed by atoms with E-state index in [1.807, 2.05) is 19.9 Å². The van der Waals surface area contributed by atoms with Crippen LogP contribution in [0.3, 0.4) is 0 Å². The van der Waals surface area contributed by atoms with Gasteiger partial charge in [-0.05, 0) is 50.2 Å². The number of halogens is 2. The van der Waals surface area contributed by atoms with Gasteiger partial charge in [0.1, 0.15) is 5.82 Å². The molecule has 0 aliphatic heterocycles. The zero-order chi connectivity index (χ0) is 15.4. The predicted molar refractivity (Wildman–Crippen MR) is 87.5 cm³/mol. The normalized spacial score (nSPS) is 11.5. The Bertz CT molecular complexity index is 670. The van der Waals surface area contributed by atoms with Crippen molar-refractivity contribution in [1.29, 1.82) is 0 Å². The monoisotopic (exact) mass is 305 g/mol. The SMILES string of the molecule is CCN(/N=C(\C)c1cc(Cl)ccc1N)c1cccc(F)c1. The van der Waals surface area contributed by atoms with Crippen LogP contribution in [-0.2, 0) is 0 Å². The molecule has 0 radical (unpaired) electrons. The number of anilines is 2. The Morgan fingerprint density at radius 3 is 2.71 bits per heavy atom. The average molecular weight is 306 g/mol. The van der Waals surface area contributed by atoms with Gasteiger partial charge in [0.2, 0.25) is 0 Å². The van der Waals surface area contributed by atoms with E-state index in [1.54, 1.807) is 29.3 Å². The van der Waals surface area contributed by atoms with Crippen LogP contribution in [0.15, 0.2) is 47.6 Å². The highest BCUT2D eigenvalue weighted by Gasteiger charge is 2.08. The molecule has 0 amide bonds. The molecule has 110 valence electrons. The van der Waals surface area contributed by atoms with E-state index in [1.165, 1.54) is 12.1 Å². The first-order valence-corrected chi connectivity index (χ1v) is 7.02. The quantitative estimate of drug-likeness (QED) is 0.519. The molecule has 2 aromatic rings. The second-order valence-electron chi connectivity index (χ2n) is 4.61. The number of hydrogen-bond acceptors (Lipinski definition) is 3. The molecule has 0 fully saturated rings. The van der Waals surface area contributed by atoms with E-state index < -0.39 is 0 Å². The molecular formula is C16H17ClFN3. The van der Waals surface area contributed by atoms with Crippen molar-refractivity contribution in [2.75, 3.05) is 17.3 Å². The molecule has 2 aromatic carbocycles. The van der Waals surface area contributed by atoms with Crippen LogP contribution in [0.25, 0.3) is 0 Å². The summed E-state index contributed by atoms with van der Waals surface area (Å²) in [7, 11) is 0. The molecule has 5 heteroatoms. The van der Waals surface area contributed by atoms with Crippen molar-refractivity contribution in [1.82, 2.24) is 0 Å². The highest BCUT2D eigenvalue weighted by molar-refractivity contribution is 6.31. The average Bonchev–Trinajstić information content (AvgIpc) is 2.47. The minimum absolute atomic E-state index is 0.291. The maximum Gasteiger partial charge on any atom is 0.125 e. The Labute approximate surface area is 128 Å². The third-order valence-electron chi connectivity index (χ3n) is 3.08. The fourth-order valence-corrected chi connectivity index (χ4v) is 2.20. The Morgan fingerprint density at radius 2 is 2.05 bits per heavy atom. The largest absolute Gasteiger partial charge is 0.398 e. The van der Waals surface area contributed by atoms with E-state index >= 15 is 0 Å². The van der Waals surface area contributed by atoms with Crippen LogP contribution in [0.4, 0.5) is 15.8 Å². The van der Waals surface area contributed by atoms with Crippen LogP contribution < -0.4 is 10.7 Å². The number of nitrogens with zero attached hydrogens (tertiary/aromatic N) is 2. The van der Waals surface area contributed by atoms with Gasteiger partial charge in [-0.2, -0.15) is 5.10 Å². The minimum Gasteiger partial charge on any atom is -0.398 e. The molecule has 0 bridgehead atoms. The van der Waals surface area contributed by atoms with Gasteiger partial charge in [0, 0.05) is 22.8 Å². The van der Waals surface area contributed by atoms with Crippen molar-refractivity contribution in [2.45, 2.75) is 13.8 Å². The van der Waals surface area contributed by atoms with Gasteiger partial charge >= 0.3 is 0 Å². The second-order valence-corrected chi connectivity index (χ2v) is 5.05. The predicted octanol–water partition coefficient (Wildman–Crippen LogP) is 4.31. The van der Waals surface area contributed by atoms with E-state index in [0.717, 1.165) is 11.3 Å². The number of rotatable bonds is 4. The summed E-state index contributed by atoms with van der Waals surface area (Å²) in [6.45, 7) is 4.41. The van der Waals surface area contributed by atoms with E-state index in [4.69, 9.17) is 17.3 Å². The van der Waals surface area contributed by atoms with Crippen LogP contribution in [-0.4, -0.2) is 12.3 Å². The molecular weight excluding hydrogens is 289 g/mol. The molecule has 0 saturated heterocycles. The first kappa shape index (κ1) is 15.3. The Hall–Kier alpha value is -2.07. The fraction of sp³-hybridized carbons (Fsp3) is 0.188. The molecule has 0 unspecified atom stereocenters. The van der Waals surface area contributed by atoms with Crippen LogP contribution in [0.2, 0.25) is 5.02 Å². The van der Waals surface area contributed by atoms with Crippen LogP contribution in [0.5, 0.6) is 0 Å². The maximum absolute atomic E-state index is 13.3. The lowest BCUT2D eigenvalue weighted by molar-refractivity contribution is 0.627. The van der Waals surface area contributed by atoms with Crippen molar-refractivity contribution in [3.63, 3.8) is 0 Å². The summed E-state index contributed by atoms with van der Waals surface area (Å²) in [5.74, 6) is -0.291. The molecule has 21 heavy (non-hydrogen) atoms. The smallest absolute Gasteiger partial charge is 0.125 e. The summed E-state index contributed by atoms with van der Waals surface area (Å²) < 4.78 is 13.3. The first-order valence-electron chi connectivity index (χ1n) is 6.65. The Kier molecular flexibility index (Phi) is 4.81. The lowest BCUT2D eigenvalue weighted by atomic mass is 10.1. The zero-order valence-electron chi connectivity index (χ0n) is 12.0. The van der Waals surface area contributed by atoms with E-state index in [0.29, 0.717) is 22.9 Å². The Balaban J connectivity index is 2.37. The topological polar surface area (TPSA) is 41.6 Å². The summed E-state index contributed by atoms with van der Waals surface area (Å²) >= 11 is 6.00. The summed E-state index contributed by atoms with van der Waals surface area (Å²) in [4.78, 5) is 0. The van der Waals surface area contributed by atoms with E-state index in [9.17, 15) is 4.39 Å².